The van der Waals surface area contributed by atoms with E-state index in [1.165, 1.54) is 5.56 Å². The van der Waals surface area contributed by atoms with Crippen molar-refractivity contribution >= 4 is 32.9 Å². The molecule has 1 amide bonds. The summed E-state index contributed by atoms with van der Waals surface area (Å²) in [6.45, 7) is 7.68. The van der Waals surface area contributed by atoms with Crippen LogP contribution in [0.5, 0.6) is 5.75 Å². The van der Waals surface area contributed by atoms with Gasteiger partial charge in [-0.05, 0) is 67.3 Å². The second-order valence-corrected chi connectivity index (χ2v) is 9.62. The summed E-state index contributed by atoms with van der Waals surface area (Å²) in [5, 5.41) is 3.10. The fourth-order valence-corrected chi connectivity index (χ4v) is 4.36. The summed E-state index contributed by atoms with van der Waals surface area (Å²) in [4.78, 5) is 17.6. The standard InChI is InChI=1S/C28H30BrN3O2/c1-19(2)23-9-4-7-12-26(23)34-18-8-17-32-25-11-6-5-10-24(25)31-27(32)20(3)30-28(33)21-13-15-22(29)16-14-21/h4-7,9-16,19-20H,8,17-18H2,1-3H3,(H,30,33). The third kappa shape index (κ3) is 5.50. The first-order valence-corrected chi connectivity index (χ1v) is 12.5. The number of nitrogens with zero attached hydrogens (tertiary/aromatic N) is 2. The predicted octanol–water partition coefficient (Wildman–Crippen LogP) is 6.88. The van der Waals surface area contributed by atoms with Crippen molar-refractivity contribution in [3.05, 3.63) is 94.2 Å². The van der Waals surface area contributed by atoms with Gasteiger partial charge in [0.25, 0.3) is 5.91 Å². The van der Waals surface area contributed by atoms with E-state index >= 15 is 0 Å². The topological polar surface area (TPSA) is 56.1 Å². The van der Waals surface area contributed by atoms with Gasteiger partial charge >= 0.3 is 0 Å². The van der Waals surface area contributed by atoms with Gasteiger partial charge in [-0.25, -0.2) is 4.98 Å². The number of hydrogen-bond acceptors (Lipinski definition) is 3. The smallest absolute Gasteiger partial charge is 0.251 e. The van der Waals surface area contributed by atoms with Gasteiger partial charge in [-0.2, -0.15) is 0 Å². The number of halogens is 1. The number of imidazole rings is 1. The van der Waals surface area contributed by atoms with Crippen LogP contribution in [0.3, 0.4) is 0 Å². The molecule has 1 unspecified atom stereocenters. The number of rotatable bonds is 9. The van der Waals surface area contributed by atoms with Crippen molar-refractivity contribution in [1.82, 2.24) is 14.9 Å². The van der Waals surface area contributed by atoms with Crippen molar-refractivity contribution in [2.24, 2.45) is 0 Å². The van der Waals surface area contributed by atoms with E-state index in [1.807, 2.05) is 49.4 Å². The molecule has 5 nitrogen and oxygen atoms in total. The number of aryl methyl sites for hydroxylation is 1. The second-order valence-electron chi connectivity index (χ2n) is 8.71. The fourth-order valence-electron chi connectivity index (χ4n) is 4.10. The van der Waals surface area contributed by atoms with Crippen LogP contribution in [0.25, 0.3) is 11.0 Å². The van der Waals surface area contributed by atoms with Crippen LogP contribution in [-0.4, -0.2) is 22.1 Å². The van der Waals surface area contributed by atoms with Crippen LogP contribution in [0.15, 0.2) is 77.3 Å². The molecular weight excluding hydrogens is 490 g/mol. The highest BCUT2D eigenvalue weighted by atomic mass is 79.9. The molecule has 0 aliphatic rings. The number of carbonyl (C=O) groups excluding carboxylic acids is 1. The fraction of sp³-hybridized carbons (Fsp3) is 0.286. The number of ether oxygens (including phenoxy) is 1. The third-order valence-electron chi connectivity index (χ3n) is 5.85. The van der Waals surface area contributed by atoms with Crippen LogP contribution in [0, 0.1) is 0 Å². The van der Waals surface area contributed by atoms with Gasteiger partial charge in [-0.15, -0.1) is 0 Å². The molecule has 1 aromatic heterocycles. The SMILES string of the molecule is CC(C)c1ccccc1OCCCn1c(C(C)NC(=O)c2ccc(Br)cc2)nc2ccccc21. The zero-order valence-corrected chi connectivity index (χ0v) is 21.4. The van der Waals surface area contributed by atoms with Gasteiger partial charge in [-0.1, -0.05) is 60.1 Å². The van der Waals surface area contributed by atoms with Crippen molar-refractivity contribution in [2.75, 3.05) is 6.61 Å². The summed E-state index contributed by atoms with van der Waals surface area (Å²) < 4.78 is 9.27. The molecule has 176 valence electrons. The molecule has 0 bridgehead atoms. The Labute approximate surface area is 209 Å². The van der Waals surface area contributed by atoms with E-state index in [2.05, 4.69) is 57.9 Å². The highest BCUT2D eigenvalue weighted by molar-refractivity contribution is 9.10. The maximum atomic E-state index is 12.8. The van der Waals surface area contributed by atoms with Crippen molar-refractivity contribution < 1.29 is 9.53 Å². The van der Waals surface area contributed by atoms with E-state index in [9.17, 15) is 4.79 Å². The Morgan fingerprint density at radius 2 is 1.71 bits per heavy atom. The molecule has 0 spiro atoms. The van der Waals surface area contributed by atoms with Gasteiger partial charge in [0.15, 0.2) is 0 Å². The minimum atomic E-state index is -0.244. The van der Waals surface area contributed by atoms with Crippen molar-refractivity contribution in [1.29, 1.82) is 0 Å². The Balaban J connectivity index is 1.48. The number of amides is 1. The van der Waals surface area contributed by atoms with Gasteiger partial charge in [0, 0.05) is 16.6 Å². The van der Waals surface area contributed by atoms with Crippen LogP contribution in [-0.2, 0) is 6.54 Å². The molecule has 1 N–H and O–H groups in total. The first-order chi connectivity index (χ1) is 16.4. The molecule has 0 saturated heterocycles. The largest absolute Gasteiger partial charge is 0.493 e. The quantitative estimate of drug-likeness (QED) is 0.245. The lowest BCUT2D eigenvalue weighted by Crippen LogP contribution is -2.28. The van der Waals surface area contributed by atoms with Gasteiger partial charge in [-0.3, -0.25) is 4.79 Å². The van der Waals surface area contributed by atoms with Crippen molar-refractivity contribution in [3.8, 4) is 5.75 Å². The van der Waals surface area contributed by atoms with Crippen molar-refractivity contribution in [3.63, 3.8) is 0 Å². The molecule has 3 aromatic carbocycles. The summed E-state index contributed by atoms with van der Waals surface area (Å²) in [6.07, 6.45) is 0.827. The van der Waals surface area contributed by atoms with E-state index < -0.39 is 0 Å². The second kappa shape index (κ2) is 10.9. The highest BCUT2D eigenvalue weighted by Gasteiger charge is 2.19. The Morgan fingerprint density at radius 3 is 2.47 bits per heavy atom. The molecule has 4 aromatic rings. The Bertz CT molecular complexity index is 1260. The van der Waals surface area contributed by atoms with Crippen LogP contribution in [0.1, 0.15) is 60.9 Å². The first-order valence-electron chi connectivity index (χ1n) is 11.7. The minimum absolute atomic E-state index is 0.118. The molecule has 1 heterocycles. The van der Waals surface area contributed by atoms with E-state index in [1.54, 1.807) is 12.1 Å². The van der Waals surface area contributed by atoms with E-state index in [0.717, 1.165) is 40.0 Å². The van der Waals surface area contributed by atoms with Gasteiger partial charge in [0.05, 0.1) is 23.7 Å². The van der Waals surface area contributed by atoms with Crippen LogP contribution in [0.2, 0.25) is 0 Å². The maximum Gasteiger partial charge on any atom is 0.251 e. The van der Waals surface area contributed by atoms with E-state index in [0.29, 0.717) is 18.1 Å². The minimum Gasteiger partial charge on any atom is -0.493 e. The molecule has 0 fully saturated rings. The Morgan fingerprint density at radius 1 is 1.00 bits per heavy atom. The molecule has 34 heavy (non-hydrogen) atoms. The van der Waals surface area contributed by atoms with Gasteiger partial charge in [0.2, 0.25) is 0 Å². The summed E-state index contributed by atoms with van der Waals surface area (Å²) in [5.74, 6) is 2.08. The lowest BCUT2D eigenvalue weighted by atomic mass is 10.0. The van der Waals surface area contributed by atoms with Crippen LogP contribution in [0.4, 0.5) is 0 Å². The summed E-state index contributed by atoms with van der Waals surface area (Å²) in [6, 6.07) is 23.4. The summed E-state index contributed by atoms with van der Waals surface area (Å²) in [5.41, 5.74) is 3.83. The molecule has 4 rings (SSSR count). The van der Waals surface area contributed by atoms with Crippen molar-refractivity contribution in [2.45, 2.75) is 45.7 Å². The third-order valence-corrected chi connectivity index (χ3v) is 6.38. The lowest BCUT2D eigenvalue weighted by Gasteiger charge is -2.17. The summed E-state index contributed by atoms with van der Waals surface area (Å²) in [7, 11) is 0. The monoisotopic (exact) mass is 519 g/mol. The molecule has 0 aliphatic heterocycles. The number of fused-ring (bicyclic) bond motifs is 1. The highest BCUT2D eigenvalue weighted by Crippen LogP contribution is 2.26. The number of carbonyl (C=O) groups is 1. The van der Waals surface area contributed by atoms with E-state index in [-0.39, 0.29) is 11.9 Å². The van der Waals surface area contributed by atoms with Gasteiger partial charge in [0.1, 0.15) is 11.6 Å². The number of para-hydroxylation sites is 3. The molecule has 0 saturated carbocycles. The van der Waals surface area contributed by atoms with Gasteiger partial charge < -0.3 is 14.6 Å². The zero-order valence-electron chi connectivity index (χ0n) is 19.8. The first kappa shape index (κ1) is 24.0. The average Bonchev–Trinajstić information content (AvgIpc) is 3.21. The number of aromatic nitrogens is 2. The predicted molar refractivity (Wildman–Crippen MR) is 140 cm³/mol. The molecule has 1 atom stereocenters. The molecule has 6 heteroatoms. The maximum absolute atomic E-state index is 12.8. The van der Waals surface area contributed by atoms with E-state index in [4.69, 9.17) is 9.72 Å². The normalized spacial score (nSPS) is 12.1. The number of benzene rings is 3. The Hall–Kier alpha value is -3.12. The number of hydrogen-bond donors (Lipinski definition) is 1. The molecular formula is C28H30BrN3O2. The summed E-state index contributed by atoms with van der Waals surface area (Å²) >= 11 is 3.41. The Kier molecular flexibility index (Phi) is 7.68. The number of nitrogens with one attached hydrogen (secondary N) is 1. The molecule has 0 radical (unpaired) electrons. The lowest BCUT2D eigenvalue weighted by molar-refractivity contribution is 0.0937. The molecule has 0 aliphatic carbocycles. The average molecular weight is 520 g/mol. The van der Waals surface area contributed by atoms with Crippen LogP contribution >= 0.6 is 15.9 Å². The zero-order chi connectivity index (χ0) is 24.1. The van der Waals surface area contributed by atoms with Crippen LogP contribution < -0.4 is 10.1 Å².